The van der Waals surface area contributed by atoms with Crippen LogP contribution < -0.4 is 5.32 Å². The van der Waals surface area contributed by atoms with E-state index in [0.29, 0.717) is 28.7 Å². The van der Waals surface area contributed by atoms with Gasteiger partial charge in [-0.25, -0.2) is 14.6 Å². The van der Waals surface area contributed by atoms with Crippen molar-refractivity contribution in [1.29, 1.82) is 0 Å². The zero-order chi connectivity index (χ0) is 24.0. The van der Waals surface area contributed by atoms with Crippen LogP contribution in [0.15, 0.2) is 53.5 Å². The third-order valence-corrected chi connectivity index (χ3v) is 5.94. The molecule has 0 bridgehead atoms. The number of esters is 1. The molecule has 2 aromatic rings. The van der Waals surface area contributed by atoms with Crippen molar-refractivity contribution in [1.82, 2.24) is 4.90 Å². The van der Waals surface area contributed by atoms with Gasteiger partial charge < -0.3 is 15.2 Å². The molecule has 3 rings (SSSR count). The van der Waals surface area contributed by atoms with E-state index in [1.807, 2.05) is 6.92 Å². The first-order valence-corrected chi connectivity index (χ1v) is 11.2. The fourth-order valence-corrected chi connectivity index (χ4v) is 4.23. The van der Waals surface area contributed by atoms with Crippen LogP contribution in [-0.4, -0.2) is 57.3 Å². The quantitative estimate of drug-likeness (QED) is 0.594. The minimum absolute atomic E-state index is 0.0123. The molecule has 0 radical (unpaired) electrons. The Labute approximate surface area is 194 Å². The summed E-state index contributed by atoms with van der Waals surface area (Å²) >= 11 is 1.17. The maximum absolute atomic E-state index is 12.8. The largest absolute Gasteiger partial charge is 0.478 e. The van der Waals surface area contributed by atoms with Gasteiger partial charge in [-0.15, -0.1) is 0 Å². The number of ether oxygens (including phenoxy) is 1. The fourth-order valence-electron chi connectivity index (χ4n) is 3.07. The monoisotopic (exact) mass is 469 g/mol. The number of amides is 2. The van der Waals surface area contributed by atoms with Crippen LogP contribution in [0.5, 0.6) is 0 Å². The summed E-state index contributed by atoms with van der Waals surface area (Å²) in [7, 11) is 0. The van der Waals surface area contributed by atoms with Crippen molar-refractivity contribution in [2.45, 2.75) is 25.5 Å². The number of anilines is 1. The molecule has 2 aromatic carbocycles. The summed E-state index contributed by atoms with van der Waals surface area (Å²) in [6.07, 6.45) is 0.0123. The van der Waals surface area contributed by atoms with E-state index in [9.17, 15) is 19.2 Å². The summed E-state index contributed by atoms with van der Waals surface area (Å²) < 4.78 is 4.97. The molecular weight excluding hydrogens is 446 g/mol. The number of aliphatic imine (C=N–C) groups is 1. The molecule has 0 aliphatic carbocycles. The van der Waals surface area contributed by atoms with E-state index in [4.69, 9.17) is 9.84 Å². The molecule has 1 unspecified atom stereocenters. The summed E-state index contributed by atoms with van der Waals surface area (Å²) in [5.41, 5.74) is 1.47. The number of rotatable bonds is 7. The third kappa shape index (κ3) is 5.98. The van der Waals surface area contributed by atoms with Gasteiger partial charge in [-0.3, -0.25) is 14.5 Å². The van der Waals surface area contributed by atoms with E-state index in [1.54, 1.807) is 31.2 Å². The van der Waals surface area contributed by atoms with Crippen LogP contribution in [0.1, 0.15) is 41.0 Å². The second kappa shape index (κ2) is 10.8. The number of hydrogen-bond acceptors (Lipinski definition) is 7. The molecule has 9 nitrogen and oxygen atoms in total. The van der Waals surface area contributed by atoms with Gasteiger partial charge in [0.15, 0.2) is 5.17 Å². The van der Waals surface area contributed by atoms with Crippen LogP contribution in [0.25, 0.3) is 0 Å². The Kier molecular flexibility index (Phi) is 7.83. The van der Waals surface area contributed by atoms with Gasteiger partial charge in [-0.05, 0) is 62.4 Å². The number of carbonyl (C=O) groups is 4. The predicted molar refractivity (Wildman–Crippen MR) is 125 cm³/mol. The molecule has 0 spiro atoms. The predicted octanol–water partition coefficient (Wildman–Crippen LogP) is 3.54. The number of carboxylic acids is 1. The van der Waals surface area contributed by atoms with E-state index in [0.717, 1.165) is 0 Å². The first kappa shape index (κ1) is 24.0. The highest BCUT2D eigenvalue weighted by molar-refractivity contribution is 8.15. The van der Waals surface area contributed by atoms with Gasteiger partial charge in [-0.1, -0.05) is 11.8 Å². The Balaban J connectivity index is 1.76. The van der Waals surface area contributed by atoms with Crippen molar-refractivity contribution in [2.75, 3.05) is 18.5 Å². The van der Waals surface area contributed by atoms with Crippen LogP contribution in [0, 0.1) is 0 Å². The number of hydrogen-bond donors (Lipinski definition) is 2. The number of carboxylic acid groups (broad SMARTS) is 1. The van der Waals surface area contributed by atoms with E-state index in [2.05, 4.69) is 10.3 Å². The normalized spacial score (nSPS) is 17.0. The number of nitrogens with zero attached hydrogens (tertiary/aromatic N) is 2. The third-order valence-electron chi connectivity index (χ3n) is 4.75. The molecule has 172 valence electrons. The molecular formula is C23H23N3O6S. The highest BCUT2D eigenvalue weighted by Crippen LogP contribution is 2.30. The molecule has 1 fully saturated rings. The summed E-state index contributed by atoms with van der Waals surface area (Å²) in [4.78, 5) is 54.3. The van der Waals surface area contributed by atoms with Crippen molar-refractivity contribution < 1.29 is 29.0 Å². The van der Waals surface area contributed by atoms with Crippen LogP contribution in [-0.2, 0) is 14.3 Å². The number of thioether (sulfide) groups is 1. The molecule has 1 aliphatic rings. The summed E-state index contributed by atoms with van der Waals surface area (Å²) in [5, 5.41) is 11.4. The molecule has 33 heavy (non-hydrogen) atoms. The highest BCUT2D eigenvalue weighted by atomic mass is 32.2. The molecule has 0 saturated carbocycles. The molecule has 1 aliphatic heterocycles. The molecule has 1 atom stereocenters. The number of aromatic carboxylic acids is 1. The van der Waals surface area contributed by atoms with Crippen molar-refractivity contribution in [3.63, 3.8) is 0 Å². The maximum atomic E-state index is 12.8. The highest BCUT2D eigenvalue weighted by Gasteiger charge is 2.35. The molecule has 10 heteroatoms. The van der Waals surface area contributed by atoms with Crippen LogP contribution in [0.3, 0.4) is 0 Å². The Morgan fingerprint density at radius 3 is 2.30 bits per heavy atom. The molecule has 2 N–H and O–H groups in total. The molecule has 1 saturated heterocycles. The Morgan fingerprint density at radius 2 is 1.73 bits per heavy atom. The Hall–Kier alpha value is -3.66. The van der Waals surface area contributed by atoms with E-state index < -0.39 is 17.2 Å². The minimum atomic E-state index is -1.06. The smallest absolute Gasteiger partial charge is 0.338 e. The minimum Gasteiger partial charge on any atom is -0.478 e. The average molecular weight is 470 g/mol. The van der Waals surface area contributed by atoms with Gasteiger partial charge in [0, 0.05) is 18.7 Å². The average Bonchev–Trinajstić information content (AvgIpc) is 2.80. The second-order valence-electron chi connectivity index (χ2n) is 6.98. The maximum Gasteiger partial charge on any atom is 0.338 e. The zero-order valence-corrected chi connectivity index (χ0v) is 18.9. The lowest BCUT2D eigenvalue weighted by atomic mass is 10.2. The van der Waals surface area contributed by atoms with Gasteiger partial charge in [0.25, 0.3) is 0 Å². The fraction of sp³-hybridized carbons (Fsp3) is 0.261. The second-order valence-corrected chi connectivity index (χ2v) is 8.15. The van der Waals surface area contributed by atoms with Gasteiger partial charge >= 0.3 is 11.9 Å². The Morgan fingerprint density at radius 1 is 1.09 bits per heavy atom. The van der Waals surface area contributed by atoms with Crippen molar-refractivity contribution in [3.8, 4) is 0 Å². The van der Waals surface area contributed by atoms with Gasteiger partial charge in [-0.2, -0.15) is 0 Å². The standard InChI is InChI=1S/C23H23N3O6S/c1-3-26-19(27)13-18(20(28)24-16-9-5-14(6-10-16)21(29)30)33-23(26)25-17-11-7-15(8-12-17)22(31)32-4-2/h5-12,18H,3-4,13H2,1-2H3,(H,24,28)(H,29,30). The van der Waals surface area contributed by atoms with Gasteiger partial charge in [0.05, 0.1) is 23.4 Å². The lowest BCUT2D eigenvalue weighted by Crippen LogP contribution is -2.45. The number of amidine groups is 1. The van der Waals surface area contributed by atoms with Gasteiger partial charge in [0.1, 0.15) is 5.25 Å². The van der Waals surface area contributed by atoms with E-state index >= 15 is 0 Å². The first-order valence-electron chi connectivity index (χ1n) is 10.3. The number of carbonyl (C=O) groups excluding carboxylic acids is 3. The van der Waals surface area contributed by atoms with E-state index in [1.165, 1.54) is 40.9 Å². The van der Waals surface area contributed by atoms with Crippen LogP contribution in [0.4, 0.5) is 11.4 Å². The topological polar surface area (TPSA) is 125 Å². The zero-order valence-electron chi connectivity index (χ0n) is 18.1. The lowest BCUT2D eigenvalue weighted by Gasteiger charge is -2.30. The van der Waals surface area contributed by atoms with Gasteiger partial charge in [0.2, 0.25) is 11.8 Å². The number of benzene rings is 2. The SMILES string of the molecule is CCOC(=O)c1ccc(N=C2SC(C(=O)Nc3ccc(C(=O)O)cc3)CC(=O)N2CC)cc1. The molecule has 0 aromatic heterocycles. The molecule has 2 amide bonds. The summed E-state index contributed by atoms with van der Waals surface area (Å²) in [6, 6.07) is 12.2. The van der Waals surface area contributed by atoms with Crippen LogP contribution >= 0.6 is 11.8 Å². The van der Waals surface area contributed by atoms with Crippen molar-refractivity contribution >= 4 is 52.1 Å². The van der Waals surface area contributed by atoms with Crippen LogP contribution in [0.2, 0.25) is 0 Å². The summed E-state index contributed by atoms with van der Waals surface area (Å²) in [6.45, 7) is 4.23. The van der Waals surface area contributed by atoms with Crippen molar-refractivity contribution in [2.24, 2.45) is 4.99 Å². The van der Waals surface area contributed by atoms with E-state index in [-0.39, 0.29) is 30.4 Å². The first-order chi connectivity index (χ1) is 15.8. The Bertz CT molecular complexity index is 1080. The molecule has 1 heterocycles. The number of nitrogens with one attached hydrogen (secondary N) is 1. The van der Waals surface area contributed by atoms with Crippen molar-refractivity contribution in [3.05, 3.63) is 59.7 Å². The lowest BCUT2D eigenvalue weighted by molar-refractivity contribution is -0.129. The summed E-state index contributed by atoms with van der Waals surface area (Å²) in [5.74, 6) is -2.09.